The van der Waals surface area contributed by atoms with Gasteiger partial charge in [0.05, 0.1) is 0 Å². The first kappa shape index (κ1) is 16.7. The highest BCUT2D eigenvalue weighted by atomic mass is 32.2. The molecule has 0 nitrogen and oxygen atoms in total. The van der Waals surface area contributed by atoms with E-state index in [1.807, 2.05) is 0 Å². The Kier molecular flexibility index (Phi) is 12.7. The Morgan fingerprint density at radius 1 is 0.875 bits per heavy atom. The Morgan fingerprint density at radius 2 is 1.56 bits per heavy atom. The van der Waals surface area contributed by atoms with Crippen molar-refractivity contribution in [3.8, 4) is 0 Å². The fourth-order valence-electron chi connectivity index (χ4n) is 1.51. The van der Waals surface area contributed by atoms with E-state index in [0.717, 1.165) is 10.5 Å². The van der Waals surface area contributed by atoms with Crippen LogP contribution in [0.15, 0.2) is 0 Å². The van der Waals surface area contributed by atoms with Gasteiger partial charge in [0.2, 0.25) is 0 Å². The van der Waals surface area contributed by atoms with E-state index in [-0.39, 0.29) is 0 Å². The largest absolute Gasteiger partial charge is 0.159 e. The molecule has 0 aromatic rings. The number of hydrogen-bond donors (Lipinski definition) is 0. The summed E-state index contributed by atoms with van der Waals surface area (Å²) in [5.74, 6) is 2.73. The first-order valence-electron chi connectivity index (χ1n) is 6.97. The van der Waals surface area contributed by atoms with Crippen LogP contribution in [0.5, 0.6) is 0 Å². The molecule has 0 bridgehead atoms. The highest BCUT2D eigenvalue weighted by Gasteiger charge is 2.06. The van der Waals surface area contributed by atoms with E-state index in [0.29, 0.717) is 0 Å². The monoisotopic (exact) mass is 262 g/mol. The van der Waals surface area contributed by atoms with Crippen LogP contribution in [-0.2, 0) is 0 Å². The first-order chi connectivity index (χ1) is 7.74. The summed E-state index contributed by atoms with van der Waals surface area (Å²) in [6.45, 7) is 9.25. The molecule has 0 aliphatic rings. The zero-order chi connectivity index (χ0) is 12.2. The summed E-state index contributed by atoms with van der Waals surface area (Å²) < 4.78 is 0. The molecule has 0 aliphatic carbocycles. The van der Waals surface area contributed by atoms with Gasteiger partial charge >= 0.3 is 0 Å². The molecule has 16 heavy (non-hydrogen) atoms. The zero-order valence-electron chi connectivity index (χ0n) is 11.6. The number of thioether (sulfide) groups is 2. The van der Waals surface area contributed by atoms with Gasteiger partial charge in [-0.2, -0.15) is 23.5 Å². The van der Waals surface area contributed by atoms with Crippen molar-refractivity contribution >= 4 is 23.5 Å². The molecule has 0 rings (SSSR count). The molecule has 0 aromatic heterocycles. The minimum atomic E-state index is 0.854. The lowest BCUT2D eigenvalue weighted by molar-refractivity contribution is 0.721. The Hall–Kier alpha value is 0.700. The zero-order valence-corrected chi connectivity index (χ0v) is 13.3. The summed E-state index contributed by atoms with van der Waals surface area (Å²) in [7, 11) is 0. The second kappa shape index (κ2) is 12.2. The average Bonchev–Trinajstić information content (AvgIpc) is 2.31. The molecule has 0 aromatic carbocycles. The summed E-state index contributed by atoms with van der Waals surface area (Å²) in [5, 5.41) is 1.77. The lowest BCUT2D eigenvalue weighted by atomic mass is 10.2. The minimum Gasteiger partial charge on any atom is -0.159 e. The Morgan fingerprint density at radius 3 is 2.12 bits per heavy atom. The van der Waals surface area contributed by atoms with E-state index in [1.54, 1.807) is 0 Å². The summed E-state index contributed by atoms with van der Waals surface area (Å²) in [4.78, 5) is 0. The molecule has 0 amide bonds. The van der Waals surface area contributed by atoms with Gasteiger partial charge < -0.3 is 0 Å². The summed E-state index contributed by atoms with van der Waals surface area (Å²) >= 11 is 4.35. The third-order valence-electron chi connectivity index (χ3n) is 2.95. The van der Waals surface area contributed by atoms with E-state index in [2.05, 4.69) is 51.2 Å². The van der Waals surface area contributed by atoms with Crippen LogP contribution in [-0.4, -0.2) is 22.0 Å². The number of unbranched alkanes of at least 4 members (excludes halogenated alkanes) is 1. The second-order valence-corrected chi connectivity index (χ2v) is 7.44. The third kappa shape index (κ3) is 9.89. The maximum Gasteiger partial charge on any atom is 0.00447 e. The molecular weight excluding hydrogens is 232 g/mol. The summed E-state index contributed by atoms with van der Waals surface area (Å²) in [6, 6.07) is 0. The Balaban J connectivity index is 3.40. The van der Waals surface area contributed by atoms with Crippen LogP contribution in [0.1, 0.15) is 66.2 Å². The topological polar surface area (TPSA) is 0 Å². The molecule has 2 atom stereocenters. The molecule has 0 N–H and O–H groups in total. The molecule has 0 radical (unpaired) electrons. The normalized spacial score (nSPS) is 15.0. The van der Waals surface area contributed by atoms with E-state index in [9.17, 15) is 0 Å². The van der Waals surface area contributed by atoms with Crippen molar-refractivity contribution in [2.75, 3.05) is 11.5 Å². The third-order valence-corrected chi connectivity index (χ3v) is 5.95. The number of hydrogen-bond acceptors (Lipinski definition) is 2. The van der Waals surface area contributed by atoms with Crippen LogP contribution in [0, 0.1) is 0 Å². The summed E-state index contributed by atoms with van der Waals surface area (Å²) in [5.41, 5.74) is 0. The van der Waals surface area contributed by atoms with Gasteiger partial charge in [0.1, 0.15) is 0 Å². The fraction of sp³-hybridized carbons (Fsp3) is 1.00. The smallest absolute Gasteiger partial charge is 0.00447 e. The van der Waals surface area contributed by atoms with Gasteiger partial charge in [-0.15, -0.1) is 0 Å². The van der Waals surface area contributed by atoms with Gasteiger partial charge in [0, 0.05) is 10.5 Å². The fourth-order valence-corrected chi connectivity index (χ4v) is 3.84. The van der Waals surface area contributed by atoms with Gasteiger partial charge in [-0.3, -0.25) is 0 Å². The van der Waals surface area contributed by atoms with Gasteiger partial charge in [-0.25, -0.2) is 0 Å². The van der Waals surface area contributed by atoms with E-state index in [4.69, 9.17) is 0 Å². The molecule has 2 unspecified atom stereocenters. The van der Waals surface area contributed by atoms with Crippen molar-refractivity contribution in [2.24, 2.45) is 0 Å². The van der Waals surface area contributed by atoms with Gasteiger partial charge in [-0.05, 0) is 43.6 Å². The van der Waals surface area contributed by atoms with Crippen molar-refractivity contribution in [3.63, 3.8) is 0 Å². The van der Waals surface area contributed by atoms with Crippen molar-refractivity contribution in [1.82, 2.24) is 0 Å². The van der Waals surface area contributed by atoms with Crippen molar-refractivity contribution < 1.29 is 0 Å². The molecular formula is C14H30S2. The first-order valence-corrected chi connectivity index (χ1v) is 9.07. The molecule has 0 spiro atoms. The quantitative estimate of drug-likeness (QED) is 0.444. The second-order valence-electron chi connectivity index (χ2n) is 4.49. The van der Waals surface area contributed by atoms with Crippen LogP contribution in [0.3, 0.4) is 0 Å². The number of rotatable bonds is 11. The Labute approximate surface area is 112 Å². The molecule has 0 saturated carbocycles. The van der Waals surface area contributed by atoms with E-state index < -0.39 is 0 Å². The average molecular weight is 263 g/mol. The molecule has 0 fully saturated rings. The lowest BCUT2D eigenvalue weighted by Gasteiger charge is -2.14. The van der Waals surface area contributed by atoms with E-state index in [1.165, 1.54) is 50.0 Å². The standard InChI is InChI=1S/C14H30S2/c1-5-8-11-16-14(7-3)10-9-12-15-13(4)6-2/h13-14H,5-12H2,1-4H3. The molecule has 0 aliphatic heterocycles. The Bertz CT molecular complexity index is 137. The van der Waals surface area contributed by atoms with Crippen molar-refractivity contribution in [1.29, 1.82) is 0 Å². The minimum absolute atomic E-state index is 0.854. The maximum atomic E-state index is 2.35. The van der Waals surface area contributed by atoms with Crippen LogP contribution in [0.2, 0.25) is 0 Å². The maximum absolute atomic E-state index is 2.35. The SMILES string of the molecule is CCCCSC(CC)CCCSC(C)CC. The van der Waals surface area contributed by atoms with Crippen LogP contribution in [0.25, 0.3) is 0 Å². The summed E-state index contributed by atoms with van der Waals surface area (Å²) in [6.07, 6.45) is 8.23. The predicted octanol–water partition coefficient (Wildman–Crippen LogP) is 5.61. The van der Waals surface area contributed by atoms with Gasteiger partial charge in [0.25, 0.3) is 0 Å². The predicted molar refractivity (Wildman–Crippen MR) is 82.9 cm³/mol. The lowest BCUT2D eigenvalue weighted by Crippen LogP contribution is -2.03. The van der Waals surface area contributed by atoms with Gasteiger partial charge in [0.15, 0.2) is 0 Å². The van der Waals surface area contributed by atoms with E-state index >= 15 is 0 Å². The molecule has 98 valence electrons. The van der Waals surface area contributed by atoms with Crippen molar-refractivity contribution in [2.45, 2.75) is 76.7 Å². The van der Waals surface area contributed by atoms with Crippen LogP contribution < -0.4 is 0 Å². The molecule has 0 saturated heterocycles. The van der Waals surface area contributed by atoms with Crippen LogP contribution in [0.4, 0.5) is 0 Å². The highest BCUT2D eigenvalue weighted by Crippen LogP contribution is 2.23. The van der Waals surface area contributed by atoms with Crippen molar-refractivity contribution in [3.05, 3.63) is 0 Å². The van der Waals surface area contributed by atoms with Crippen LogP contribution >= 0.6 is 23.5 Å². The van der Waals surface area contributed by atoms with Gasteiger partial charge in [-0.1, -0.05) is 34.1 Å². The molecule has 2 heteroatoms. The highest BCUT2D eigenvalue weighted by molar-refractivity contribution is 8.00. The molecule has 0 heterocycles.